The average molecular weight is 431 g/mol. The maximum absolute atomic E-state index is 13.4. The summed E-state index contributed by atoms with van der Waals surface area (Å²) in [5.74, 6) is 1.03. The number of likely N-dealkylation sites (tertiary alicyclic amines) is 1. The molecule has 0 aliphatic carbocycles. The molecule has 1 fully saturated rings. The van der Waals surface area contributed by atoms with Gasteiger partial charge in [-0.1, -0.05) is 18.2 Å². The first kappa shape index (κ1) is 20.0. The van der Waals surface area contributed by atoms with Crippen molar-refractivity contribution in [3.63, 3.8) is 0 Å². The number of benzene rings is 1. The van der Waals surface area contributed by atoms with Gasteiger partial charge in [-0.2, -0.15) is 5.10 Å². The van der Waals surface area contributed by atoms with Crippen LogP contribution < -0.4 is 0 Å². The van der Waals surface area contributed by atoms with E-state index in [0.717, 1.165) is 29.7 Å². The van der Waals surface area contributed by atoms with Crippen LogP contribution in [0.5, 0.6) is 0 Å². The van der Waals surface area contributed by atoms with E-state index in [1.54, 1.807) is 23.5 Å². The van der Waals surface area contributed by atoms with Gasteiger partial charge >= 0.3 is 0 Å². The average Bonchev–Trinajstić information content (AvgIpc) is 3.37. The Morgan fingerprint density at radius 3 is 2.83 bits per heavy atom. The van der Waals surface area contributed by atoms with Crippen molar-refractivity contribution in [2.45, 2.75) is 32.2 Å². The summed E-state index contributed by atoms with van der Waals surface area (Å²) in [7, 11) is 0. The number of carbonyl (C=O) groups excluding carboxylic acids is 1. The molecule has 0 saturated carbocycles. The first-order valence-electron chi connectivity index (χ1n) is 9.77. The van der Waals surface area contributed by atoms with Gasteiger partial charge in [-0.3, -0.25) is 14.5 Å². The lowest BCUT2D eigenvalue weighted by atomic mass is 9.90. The number of aromatic nitrogens is 3. The van der Waals surface area contributed by atoms with Crippen LogP contribution in [0.15, 0.2) is 41.8 Å². The molecule has 3 aromatic rings. The van der Waals surface area contributed by atoms with E-state index in [0.29, 0.717) is 29.6 Å². The standard InChI is InChI=1S/C21H23FN4OS2/c1-14(26-19(23-24-21(26)28)18-6-3-11-29-18)20(27)25-9-7-15(8-10-25)12-16-4-2-5-17(22)13-16/h2-6,11,13-15H,7-10,12H2,1H3,(H,24,28). The molecule has 1 unspecified atom stereocenters. The predicted molar refractivity (Wildman–Crippen MR) is 115 cm³/mol. The maximum Gasteiger partial charge on any atom is 0.245 e. The Morgan fingerprint density at radius 2 is 2.14 bits per heavy atom. The molecule has 29 heavy (non-hydrogen) atoms. The Kier molecular flexibility index (Phi) is 5.91. The van der Waals surface area contributed by atoms with Gasteiger partial charge in [0, 0.05) is 13.1 Å². The third-order valence-electron chi connectivity index (χ3n) is 5.53. The molecular weight excluding hydrogens is 407 g/mol. The minimum Gasteiger partial charge on any atom is -0.341 e. The van der Waals surface area contributed by atoms with Gasteiger partial charge in [-0.05, 0) is 73.5 Å². The number of hydrogen-bond acceptors (Lipinski definition) is 4. The minimum absolute atomic E-state index is 0.0597. The summed E-state index contributed by atoms with van der Waals surface area (Å²) in [4.78, 5) is 16.0. The fraction of sp³-hybridized carbons (Fsp3) is 0.381. The second-order valence-electron chi connectivity index (χ2n) is 7.48. The Hall–Kier alpha value is -2.32. The zero-order valence-corrected chi connectivity index (χ0v) is 17.8. The molecule has 1 aliphatic rings. The van der Waals surface area contributed by atoms with Crippen LogP contribution in [0.2, 0.25) is 0 Å². The van der Waals surface area contributed by atoms with Gasteiger partial charge in [0.1, 0.15) is 11.9 Å². The van der Waals surface area contributed by atoms with Crippen molar-refractivity contribution in [3.05, 3.63) is 57.9 Å². The van der Waals surface area contributed by atoms with Crippen LogP contribution >= 0.6 is 23.6 Å². The van der Waals surface area contributed by atoms with Crippen LogP contribution in [0, 0.1) is 16.5 Å². The summed E-state index contributed by atoms with van der Waals surface area (Å²) in [6.07, 6.45) is 2.69. The zero-order valence-electron chi connectivity index (χ0n) is 16.2. The molecular formula is C21H23FN4OS2. The number of piperidine rings is 1. The largest absolute Gasteiger partial charge is 0.341 e. The Balaban J connectivity index is 1.41. The third kappa shape index (κ3) is 4.33. The summed E-state index contributed by atoms with van der Waals surface area (Å²) < 4.78 is 15.7. The lowest BCUT2D eigenvalue weighted by Crippen LogP contribution is -2.42. The van der Waals surface area contributed by atoms with Crippen molar-refractivity contribution in [2.75, 3.05) is 13.1 Å². The molecule has 2 aromatic heterocycles. The molecule has 0 radical (unpaired) electrons. The summed E-state index contributed by atoms with van der Waals surface area (Å²) in [6, 6.07) is 10.3. The summed E-state index contributed by atoms with van der Waals surface area (Å²) in [5.41, 5.74) is 1.02. The van der Waals surface area contributed by atoms with Gasteiger partial charge in [-0.15, -0.1) is 11.3 Å². The number of nitrogens with one attached hydrogen (secondary N) is 1. The number of thiophene rings is 1. The van der Waals surface area contributed by atoms with E-state index < -0.39 is 6.04 Å². The second kappa shape index (κ2) is 8.59. The van der Waals surface area contributed by atoms with Gasteiger partial charge in [0.15, 0.2) is 10.6 Å². The maximum atomic E-state index is 13.4. The van der Waals surface area contributed by atoms with Crippen LogP contribution in [0.4, 0.5) is 4.39 Å². The molecule has 1 saturated heterocycles. The first-order chi connectivity index (χ1) is 14.0. The minimum atomic E-state index is -0.418. The van der Waals surface area contributed by atoms with Gasteiger partial charge < -0.3 is 4.90 Å². The number of carbonyl (C=O) groups is 1. The topological polar surface area (TPSA) is 53.9 Å². The summed E-state index contributed by atoms with van der Waals surface area (Å²) in [6.45, 7) is 3.30. The summed E-state index contributed by atoms with van der Waals surface area (Å²) in [5, 5.41) is 9.13. The van der Waals surface area contributed by atoms with Crippen molar-refractivity contribution in [1.82, 2.24) is 19.7 Å². The monoisotopic (exact) mass is 430 g/mol. The van der Waals surface area contributed by atoms with E-state index in [2.05, 4.69) is 10.2 Å². The Morgan fingerprint density at radius 1 is 1.34 bits per heavy atom. The highest BCUT2D eigenvalue weighted by molar-refractivity contribution is 7.71. The lowest BCUT2D eigenvalue weighted by molar-refractivity contribution is -0.135. The number of aromatic amines is 1. The number of rotatable bonds is 5. The lowest BCUT2D eigenvalue weighted by Gasteiger charge is -2.34. The highest BCUT2D eigenvalue weighted by atomic mass is 32.1. The third-order valence-corrected chi connectivity index (χ3v) is 6.68. The van der Waals surface area contributed by atoms with Crippen molar-refractivity contribution in [3.8, 4) is 10.7 Å². The summed E-state index contributed by atoms with van der Waals surface area (Å²) >= 11 is 6.96. The smallest absolute Gasteiger partial charge is 0.245 e. The highest BCUT2D eigenvalue weighted by Crippen LogP contribution is 2.28. The van der Waals surface area contributed by atoms with Crippen molar-refractivity contribution >= 4 is 29.5 Å². The second-order valence-corrected chi connectivity index (χ2v) is 8.81. The normalized spacial score (nSPS) is 16.1. The molecule has 1 aromatic carbocycles. The van der Waals surface area contributed by atoms with Crippen molar-refractivity contribution < 1.29 is 9.18 Å². The molecule has 5 nitrogen and oxygen atoms in total. The fourth-order valence-electron chi connectivity index (χ4n) is 3.97. The number of nitrogens with zero attached hydrogens (tertiary/aromatic N) is 3. The molecule has 3 heterocycles. The van der Waals surface area contributed by atoms with Crippen LogP contribution in [0.1, 0.15) is 31.4 Å². The number of halogens is 1. The van der Waals surface area contributed by atoms with Gasteiger partial charge in [0.2, 0.25) is 5.91 Å². The molecule has 1 N–H and O–H groups in total. The molecule has 152 valence electrons. The van der Waals surface area contributed by atoms with E-state index in [4.69, 9.17) is 12.2 Å². The molecule has 8 heteroatoms. The predicted octanol–water partition coefficient (Wildman–Crippen LogP) is 4.85. The highest BCUT2D eigenvalue weighted by Gasteiger charge is 2.29. The van der Waals surface area contributed by atoms with Crippen LogP contribution in [0.25, 0.3) is 10.7 Å². The number of H-pyrrole nitrogens is 1. The zero-order chi connectivity index (χ0) is 20.4. The van der Waals surface area contributed by atoms with Crippen LogP contribution in [-0.4, -0.2) is 38.7 Å². The Bertz CT molecular complexity index is 1040. The molecule has 0 bridgehead atoms. The van der Waals surface area contributed by atoms with Gasteiger partial charge in [0.05, 0.1) is 4.88 Å². The SMILES string of the molecule is CC(C(=O)N1CCC(Cc2cccc(F)c2)CC1)n1c(-c2cccs2)n[nH]c1=S. The quantitative estimate of drug-likeness (QED) is 0.589. The van der Waals surface area contributed by atoms with E-state index in [9.17, 15) is 9.18 Å². The van der Waals surface area contributed by atoms with Crippen LogP contribution in [-0.2, 0) is 11.2 Å². The fourth-order valence-corrected chi connectivity index (χ4v) is 4.97. The van der Waals surface area contributed by atoms with E-state index >= 15 is 0 Å². The van der Waals surface area contributed by atoms with Gasteiger partial charge in [0.25, 0.3) is 0 Å². The van der Waals surface area contributed by atoms with Crippen LogP contribution in [0.3, 0.4) is 0 Å². The van der Waals surface area contributed by atoms with E-state index in [-0.39, 0.29) is 11.7 Å². The first-order valence-corrected chi connectivity index (χ1v) is 11.1. The number of hydrogen-bond donors (Lipinski definition) is 1. The number of amides is 1. The molecule has 1 atom stereocenters. The molecule has 4 rings (SSSR count). The van der Waals surface area contributed by atoms with Crippen molar-refractivity contribution in [2.24, 2.45) is 5.92 Å². The molecule has 0 spiro atoms. The van der Waals surface area contributed by atoms with E-state index in [1.165, 1.54) is 6.07 Å². The Labute approximate surface area is 178 Å². The molecule has 1 aliphatic heterocycles. The van der Waals surface area contributed by atoms with Crippen molar-refractivity contribution in [1.29, 1.82) is 0 Å². The van der Waals surface area contributed by atoms with Gasteiger partial charge in [-0.25, -0.2) is 4.39 Å². The van der Waals surface area contributed by atoms with E-state index in [1.807, 2.05) is 40.0 Å². The molecule has 1 amide bonds.